The molecule has 1 saturated heterocycles. The van der Waals surface area contributed by atoms with Gasteiger partial charge in [-0.3, -0.25) is 9.69 Å². The summed E-state index contributed by atoms with van der Waals surface area (Å²) in [4.78, 5) is 26.7. The van der Waals surface area contributed by atoms with E-state index < -0.39 is 24.1 Å². The standard InChI is InChI=1S/C22H22F2N4O3/c1-13-9-17(7-8-18(13)31-20(23)24)22(19(29)28(3)21(30)27-22)16-6-4-5-14(10-16)15(11-25)12-26-2/h4-12,20,25-26H,1-3H3,(H,27,30)/b15-12+,25-11?. The number of nitrogens with one attached hydrogen (secondary N) is 3. The van der Waals surface area contributed by atoms with Crippen LogP contribution in [0.2, 0.25) is 0 Å². The number of likely N-dealkylation sites (N-methyl/N-ethyl adjacent to an activating group) is 1. The van der Waals surface area contributed by atoms with Gasteiger partial charge in [-0.2, -0.15) is 8.78 Å². The van der Waals surface area contributed by atoms with Gasteiger partial charge in [0.15, 0.2) is 5.54 Å². The normalized spacial score (nSPS) is 18.9. The number of hydrogen-bond acceptors (Lipinski definition) is 5. The van der Waals surface area contributed by atoms with Crippen molar-refractivity contribution >= 4 is 23.7 Å². The summed E-state index contributed by atoms with van der Waals surface area (Å²) in [5, 5.41) is 13.3. The molecule has 1 fully saturated rings. The van der Waals surface area contributed by atoms with E-state index in [9.17, 15) is 18.4 Å². The number of carbonyl (C=O) groups is 2. The molecule has 31 heavy (non-hydrogen) atoms. The molecule has 0 aliphatic carbocycles. The summed E-state index contributed by atoms with van der Waals surface area (Å²) in [6.07, 6.45) is 2.81. The zero-order valence-corrected chi connectivity index (χ0v) is 17.2. The van der Waals surface area contributed by atoms with Gasteiger partial charge in [-0.15, -0.1) is 0 Å². The molecular formula is C22H22F2N4O3. The molecule has 0 aromatic heterocycles. The van der Waals surface area contributed by atoms with Crippen LogP contribution >= 0.6 is 0 Å². The summed E-state index contributed by atoms with van der Waals surface area (Å²) in [6, 6.07) is 10.7. The van der Waals surface area contributed by atoms with Crippen LogP contribution in [0.25, 0.3) is 5.57 Å². The molecule has 1 unspecified atom stereocenters. The van der Waals surface area contributed by atoms with Crippen LogP contribution in [-0.2, 0) is 10.3 Å². The minimum atomic E-state index is -2.98. The number of allylic oxidation sites excluding steroid dienone is 1. The maximum Gasteiger partial charge on any atom is 0.387 e. The summed E-state index contributed by atoms with van der Waals surface area (Å²) >= 11 is 0. The molecule has 0 bridgehead atoms. The number of aryl methyl sites for hydroxylation is 1. The molecular weight excluding hydrogens is 406 g/mol. The topological polar surface area (TPSA) is 94.5 Å². The second-order valence-corrected chi connectivity index (χ2v) is 7.02. The zero-order chi connectivity index (χ0) is 22.8. The lowest BCUT2D eigenvalue weighted by Gasteiger charge is -2.29. The van der Waals surface area contributed by atoms with Crippen LogP contribution in [0.3, 0.4) is 0 Å². The van der Waals surface area contributed by atoms with Gasteiger partial charge in [-0.05, 0) is 47.4 Å². The van der Waals surface area contributed by atoms with Crippen LogP contribution in [0.5, 0.6) is 5.75 Å². The van der Waals surface area contributed by atoms with E-state index in [-0.39, 0.29) is 5.75 Å². The monoisotopic (exact) mass is 428 g/mol. The molecule has 1 aliphatic heterocycles. The highest BCUT2D eigenvalue weighted by molar-refractivity contribution is 6.10. The Kier molecular flexibility index (Phi) is 6.05. The number of benzene rings is 2. The van der Waals surface area contributed by atoms with Crippen molar-refractivity contribution < 1.29 is 23.1 Å². The average molecular weight is 428 g/mol. The van der Waals surface area contributed by atoms with E-state index in [1.54, 1.807) is 50.5 Å². The molecule has 1 atom stereocenters. The number of nitrogens with zero attached hydrogens (tertiary/aromatic N) is 1. The van der Waals surface area contributed by atoms with Gasteiger partial charge in [-0.1, -0.05) is 24.3 Å². The lowest BCUT2D eigenvalue weighted by molar-refractivity contribution is -0.129. The van der Waals surface area contributed by atoms with Crippen LogP contribution in [-0.4, -0.2) is 43.8 Å². The minimum absolute atomic E-state index is 0.0178. The Balaban J connectivity index is 2.21. The Labute approximate surface area is 178 Å². The number of carbonyl (C=O) groups excluding carboxylic acids is 2. The molecule has 0 spiro atoms. The van der Waals surface area contributed by atoms with E-state index in [4.69, 9.17) is 5.41 Å². The predicted octanol–water partition coefficient (Wildman–Crippen LogP) is 3.23. The average Bonchev–Trinajstić information content (AvgIpc) is 2.98. The fourth-order valence-corrected chi connectivity index (χ4v) is 3.61. The SMILES string of the molecule is CN/C=C(\C=N)c1cccc(C2(c3ccc(OC(F)F)c(C)c3)NC(=O)N(C)C2=O)c1. The number of alkyl halides is 2. The molecule has 2 aromatic rings. The molecule has 1 aliphatic rings. The molecule has 7 nitrogen and oxygen atoms in total. The smallest absolute Gasteiger partial charge is 0.387 e. The van der Waals surface area contributed by atoms with Crippen molar-refractivity contribution in [2.45, 2.75) is 19.1 Å². The molecule has 1 heterocycles. The highest BCUT2D eigenvalue weighted by Crippen LogP contribution is 2.38. The lowest BCUT2D eigenvalue weighted by atomic mass is 9.81. The van der Waals surface area contributed by atoms with Gasteiger partial charge in [0.1, 0.15) is 5.75 Å². The van der Waals surface area contributed by atoms with Gasteiger partial charge in [-0.25, -0.2) is 4.79 Å². The van der Waals surface area contributed by atoms with Crippen molar-refractivity contribution in [3.05, 3.63) is 70.9 Å². The quantitative estimate of drug-likeness (QED) is 0.466. The first-order valence-electron chi connectivity index (χ1n) is 9.39. The number of amides is 3. The number of ether oxygens (including phenoxy) is 1. The summed E-state index contributed by atoms with van der Waals surface area (Å²) in [7, 11) is 3.07. The first-order chi connectivity index (χ1) is 14.7. The Bertz CT molecular complexity index is 1070. The third-order valence-corrected chi connectivity index (χ3v) is 5.13. The van der Waals surface area contributed by atoms with Crippen molar-refractivity contribution in [1.29, 1.82) is 5.41 Å². The fourth-order valence-electron chi connectivity index (χ4n) is 3.61. The maximum absolute atomic E-state index is 13.3. The van der Waals surface area contributed by atoms with E-state index in [0.29, 0.717) is 27.8 Å². The molecule has 3 amide bonds. The van der Waals surface area contributed by atoms with Gasteiger partial charge in [0, 0.05) is 32.1 Å². The highest BCUT2D eigenvalue weighted by Gasteiger charge is 2.52. The third-order valence-electron chi connectivity index (χ3n) is 5.13. The number of imide groups is 1. The van der Waals surface area contributed by atoms with Crippen LogP contribution in [0.1, 0.15) is 22.3 Å². The van der Waals surface area contributed by atoms with Gasteiger partial charge in [0.05, 0.1) is 0 Å². The van der Waals surface area contributed by atoms with Crippen LogP contribution in [0, 0.1) is 12.3 Å². The summed E-state index contributed by atoms with van der Waals surface area (Å²) in [5.41, 5.74) is 0.941. The lowest BCUT2D eigenvalue weighted by Crippen LogP contribution is -2.45. The summed E-state index contributed by atoms with van der Waals surface area (Å²) in [6.45, 7) is -1.40. The molecule has 3 rings (SSSR count). The van der Waals surface area contributed by atoms with E-state index in [2.05, 4.69) is 15.4 Å². The number of urea groups is 1. The van der Waals surface area contributed by atoms with Gasteiger partial charge < -0.3 is 20.8 Å². The number of hydrogen-bond donors (Lipinski definition) is 3. The largest absolute Gasteiger partial charge is 0.435 e. The molecule has 2 aromatic carbocycles. The zero-order valence-electron chi connectivity index (χ0n) is 17.2. The van der Waals surface area contributed by atoms with Gasteiger partial charge in [0.25, 0.3) is 5.91 Å². The van der Waals surface area contributed by atoms with E-state index in [1.807, 2.05) is 0 Å². The second-order valence-electron chi connectivity index (χ2n) is 7.02. The van der Waals surface area contributed by atoms with Gasteiger partial charge in [0.2, 0.25) is 0 Å². The van der Waals surface area contributed by atoms with Crippen molar-refractivity contribution in [2.75, 3.05) is 14.1 Å². The summed E-state index contributed by atoms with van der Waals surface area (Å²) in [5.74, 6) is -0.526. The van der Waals surface area contributed by atoms with Crippen molar-refractivity contribution in [3.63, 3.8) is 0 Å². The molecule has 9 heteroatoms. The number of halogens is 2. The maximum atomic E-state index is 13.3. The van der Waals surface area contributed by atoms with Crippen LogP contribution in [0.4, 0.5) is 13.6 Å². The first kappa shape index (κ1) is 21.9. The third kappa shape index (κ3) is 3.86. The minimum Gasteiger partial charge on any atom is -0.435 e. The second kappa shape index (κ2) is 8.55. The van der Waals surface area contributed by atoms with E-state index >= 15 is 0 Å². The van der Waals surface area contributed by atoms with E-state index in [0.717, 1.165) is 4.90 Å². The van der Waals surface area contributed by atoms with Crippen molar-refractivity contribution in [2.24, 2.45) is 0 Å². The van der Waals surface area contributed by atoms with Crippen molar-refractivity contribution in [1.82, 2.24) is 15.5 Å². The Morgan fingerprint density at radius 3 is 2.48 bits per heavy atom. The Morgan fingerprint density at radius 2 is 1.94 bits per heavy atom. The molecule has 162 valence electrons. The first-order valence-corrected chi connectivity index (χ1v) is 9.39. The molecule has 0 saturated carbocycles. The molecule has 0 radical (unpaired) electrons. The van der Waals surface area contributed by atoms with Gasteiger partial charge >= 0.3 is 12.6 Å². The van der Waals surface area contributed by atoms with Crippen LogP contribution < -0.4 is 15.4 Å². The Morgan fingerprint density at radius 1 is 1.23 bits per heavy atom. The summed E-state index contributed by atoms with van der Waals surface area (Å²) < 4.78 is 29.8. The fraction of sp³-hybridized carbons (Fsp3) is 0.227. The van der Waals surface area contributed by atoms with Crippen molar-refractivity contribution in [3.8, 4) is 5.75 Å². The predicted molar refractivity (Wildman–Crippen MR) is 112 cm³/mol. The molecule has 3 N–H and O–H groups in total. The van der Waals surface area contributed by atoms with E-state index in [1.165, 1.54) is 25.4 Å². The van der Waals surface area contributed by atoms with Crippen LogP contribution in [0.15, 0.2) is 48.7 Å². The number of rotatable bonds is 7. The highest BCUT2D eigenvalue weighted by atomic mass is 19.3. The Hall–Kier alpha value is -3.75.